The minimum Gasteiger partial charge on any atom is -0.379 e. The van der Waals surface area contributed by atoms with E-state index in [1.807, 2.05) is 18.2 Å². The molecule has 15 heavy (non-hydrogen) atoms. The molecule has 2 N–H and O–H groups in total. The van der Waals surface area contributed by atoms with Crippen molar-refractivity contribution >= 4 is 11.6 Å². The van der Waals surface area contributed by atoms with Gasteiger partial charge in [0.1, 0.15) is 0 Å². The maximum atomic E-state index is 6.01. The number of ether oxygens (including phenoxy) is 1. The summed E-state index contributed by atoms with van der Waals surface area (Å²) in [5.74, 6) is 0.421. The van der Waals surface area contributed by atoms with E-state index in [0.717, 1.165) is 18.2 Å². The van der Waals surface area contributed by atoms with Gasteiger partial charge in [0.05, 0.1) is 13.2 Å². The van der Waals surface area contributed by atoms with Crippen molar-refractivity contribution in [2.24, 2.45) is 11.7 Å². The summed E-state index contributed by atoms with van der Waals surface area (Å²) in [6.45, 7) is 4.36. The highest BCUT2D eigenvalue weighted by Gasteiger charge is 2.44. The highest BCUT2D eigenvalue weighted by atomic mass is 35.5. The molecule has 2 nitrogen and oxygen atoms in total. The van der Waals surface area contributed by atoms with Crippen LogP contribution in [0.5, 0.6) is 0 Å². The summed E-state index contributed by atoms with van der Waals surface area (Å²) < 4.78 is 5.36. The van der Waals surface area contributed by atoms with Gasteiger partial charge in [0.15, 0.2) is 0 Å². The van der Waals surface area contributed by atoms with E-state index in [4.69, 9.17) is 22.1 Å². The Bertz CT molecular complexity index is 349. The van der Waals surface area contributed by atoms with Crippen LogP contribution in [0.3, 0.4) is 0 Å². The molecule has 3 heteroatoms. The fourth-order valence-electron chi connectivity index (χ4n) is 2.08. The highest BCUT2D eigenvalue weighted by molar-refractivity contribution is 6.30. The van der Waals surface area contributed by atoms with Gasteiger partial charge in [-0.25, -0.2) is 0 Å². The van der Waals surface area contributed by atoms with Crippen LogP contribution in [0.25, 0.3) is 0 Å². The molecule has 1 fully saturated rings. The molecule has 2 rings (SSSR count). The number of nitrogens with two attached hydrogens (primary N) is 1. The fraction of sp³-hybridized carbons (Fsp3) is 0.500. The monoisotopic (exact) mass is 225 g/mol. The van der Waals surface area contributed by atoms with Crippen LogP contribution in [0.15, 0.2) is 24.3 Å². The molecule has 0 aromatic heterocycles. The Kier molecular flexibility index (Phi) is 3.01. The lowest BCUT2D eigenvalue weighted by Gasteiger charge is -2.46. The zero-order chi connectivity index (χ0) is 10.9. The first-order chi connectivity index (χ1) is 7.19. The van der Waals surface area contributed by atoms with Crippen LogP contribution in [0.4, 0.5) is 0 Å². The zero-order valence-corrected chi connectivity index (χ0v) is 9.63. The van der Waals surface area contributed by atoms with Crippen molar-refractivity contribution in [2.75, 3.05) is 19.8 Å². The van der Waals surface area contributed by atoms with Gasteiger partial charge in [-0.3, -0.25) is 0 Å². The Morgan fingerprint density at radius 1 is 1.53 bits per heavy atom. The first kappa shape index (κ1) is 10.9. The van der Waals surface area contributed by atoms with Gasteiger partial charge in [-0.2, -0.15) is 0 Å². The SMILES string of the molecule is CC(CN)C1(c2cccc(Cl)c2)COC1. The molecule has 1 aromatic carbocycles. The van der Waals surface area contributed by atoms with Crippen LogP contribution in [0.1, 0.15) is 12.5 Å². The molecule has 0 bridgehead atoms. The van der Waals surface area contributed by atoms with Crippen molar-refractivity contribution in [2.45, 2.75) is 12.3 Å². The molecule has 1 atom stereocenters. The van der Waals surface area contributed by atoms with Gasteiger partial charge in [-0.1, -0.05) is 30.7 Å². The van der Waals surface area contributed by atoms with E-state index in [-0.39, 0.29) is 5.41 Å². The molecule has 0 aliphatic carbocycles. The van der Waals surface area contributed by atoms with Crippen LogP contribution < -0.4 is 5.73 Å². The van der Waals surface area contributed by atoms with Gasteiger partial charge >= 0.3 is 0 Å². The molecule has 82 valence electrons. The maximum absolute atomic E-state index is 6.01. The number of benzene rings is 1. The fourth-order valence-corrected chi connectivity index (χ4v) is 2.27. The molecular weight excluding hydrogens is 210 g/mol. The van der Waals surface area contributed by atoms with Gasteiger partial charge in [0.25, 0.3) is 0 Å². The summed E-state index contributed by atoms with van der Waals surface area (Å²) in [5, 5.41) is 0.781. The number of halogens is 1. The van der Waals surface area contributed by atoms with E-state index in [9.17, 15) is 0 Å². The van der Waals surface area contributed by atoms with Crippen LogP contribution in [-0.4, -0.2) is 19.8 Å². The average molecular weight is 226 g/mol. The summed E-state index contributed by atoms with van der Waals surface area (Å²) in [4.78, 5) is 0. The molecule has 1 aliphatic heterocycles. The molecular formula is C12H16ClNO. The Balaban J connectivity index is 2.34. The maximum Gasteiger partial charge on any atom is 0.0588 e. The molecule has 1 saturated heterocycles. The third-order valence-corrected chi connectivity index (χ3v) is 3.65. The summed E-state index contributed by atoms with van der Waals surface area (Å²) in [7, 11) is 0. The summed E-state index contributed by atoms with van der Waals surface area (Å²) in [6, 6.07) is 8.02. The lowest BCUT2D eigenvalue weighted by molar-refractivity contribution is -0.0854. The van der Waals surface area contributed by atoms with Gasteiger partial charge in [-0.05, 0) is 30.2 Å². The van der Waals surface area contributed by atoms with Gasteiger partial charge < -0.3 is 10.5 Å². The quantitative estimate of drug-likeness (QED) is 0.856. The smallest absolute Gasteiger partial charge is 0.0588 e. The van der Waals surface area contributed by atoms with Crippen molar-refractivity contribution in [3.05, 3.63) is 34.9 Å². The van der Waals surface area contributed by atoms with E-state index in [1.165, 1.54) is 5.56 Å². The van der Waals surface area contributed by atoms with Crippen molar-refractivity contribution in [3.63, 3.8) is 0 Å². The normalized spacial score (nSPS) is 20.7. The summed E-state index contributed by atoms with van der Waals surface area (Å²) >= 11 is 6.01. The van der Waals surface area contributed by atoms with Gasteiger partial charge in [0.2, 0.25) is 0 Å². The third-order valence-electron chi connectivity index (χ3n) is 3.42. The lowest BCUT2D eigenvalue weighted by atomic mass is 9.69. The number of hydrogen-bond acceptors (Lipinski definition) is 2. The standard InChI is InChI=1S/C12H16ClNO/c1-9(6-14)12(7-15-8-12)10-3-2-4-11(13)5-10/h2-5,9H,6-8,14H2,1H3. The third kappa shape index (κ3) is 1.78. The van der Waals surface area contributed by atoms with Crippen molar-refractivity contribution < 1.29 is 4.74 Å². The van der Waals surface area contributed by atoms with E-state index in [2.05, 4.69) is 13.0 Å². The average Bonchev–Trinajstić information content (AvgIpc) is 2.16. The zero-order valence-electron chi connectivity index (χ0n) is 8.87. The van der Waals surface area contributed by atoms with E-state index < -0.39 is 0 Å². The largest absolute Gasteiger partial charge is 0.379 e. The van der Waals surface area contributed by atoms with Crippen LogP contribution >= 0.6 is 11.6 Å². The molecule has 0 amide bonds. The van der Waals surface area contributed by atoms with Crippen molar-refractivity contribution in [1.82, 2.24) is 0 Å². The molecule has 0 spiro atoms. The molecule has 1 unspecified atom stereocenters. The van der Waals surface area contributed by atoms with E-state index in [1.54, 1.807) is 0 Å². The predicted molar refractivity (Wildman–Crippen MR) is 62.2 cm³/mol. The van der Waals surface area contributed by atoms with E-state index >= 15 is 0 Å². The molecule has 1 aliphatic rings. The Hall–Kier alpha value is -0.570. The van der Waals surface area contributed by atoms with Crippen LogP contribution in [0, 0.1) is 5.92 Å². The molecule has 0 saturated carbocycles. The second-order valence-corrected chi connectivity index (χ2v) is 4.73. The first-order valence-corrected chi connectivity index (χ1v) is 5.61. The second kappa shape index (κ2) is 4.12. The molecule has 1 heterocycles. The summed E-state index contributed by atoms with van der Waals surface area (Å²) in [6.07, 6.45) is 0. The van der Waals surface area contributed by atoms with Crippen LogP contribution in [0.2, 0.25) is 5.02 Å². The number of hydrogen-bond donors (Lipinski definition) is 1. The van der Waals surface area contributed by atoms with Gasteiger partial charge in [0, 0.05) is 10.4 Å². The Labute approximate surface area is 95.4 Å². The predicted octanol–water partition coefficient (Wildman–Crippen LogP) is 2.20. The second-order valence-electron chi connectivity index (χ2n) is 4.30. The molecule has 1 aromatic rings. The topological polar surface area (TPSA) is 35.2 Å². The highest BCUT2D eigenvalue weighted by Crippen LogP contribution is 2.39. The van der Waals surface area contributed by atoms with Gasteiger partial charge in [-0.15, -0.1) is 0 Å². The minimum atomic E-state index is 0.0830. The van der Waals surface area contributed by atoms with Crippen LogP contribution in [-0.2, 0) is 10.2 Å². The Morgan fingerprint density at radius 3 is 2.73 bits per heavy atom. The lowest BCUT2D eigenvalue weighted by Crippen LogP contribution is -2.53. The molecule has 0 radical (unpaired) electrons. The van der Waals surface area contributed by atoms with Crippen molar-refractivity contribution in [1.29, 1.82) is 0 Å². The Morgan fingerprint density at radius 2 is 2.27 bits per heavy atom. The van der Waals surface area contributed by atoms with Crippen molar-refractivity contribution in [3.8, 4) is 0 Å². The first-order valence-electron chi connectivity index (χ1n) is 5.23. The summed E-state index contributed by atoms with van der Waals surface area (Å²) in [5.41, 5.74) is 7.09. The van der Waals surface area contributed by atoms with E-state index in [0.29, 0.717) is 12.5 Å². The number of rotatable bonds is 3. The minimum absolute atomic E-state index is 0.0830.